The van der Waals surface area contributed by atoms with Crippen LogP contribution in [0.1, 0.15) is 24.8 Å². The summed E-state index contributed by atoms with van der Waals surface area (Å²) in [7, 11) is 0. The number of rotatable bonds is 4. The summed E-state index contributed by atoms with van der Waals surface area (Å²) < 4.78 is 0. The summed E-state index contributed by atoms with van der Waals surface area (Å²) in [5.74, 6) is -1.15. The van der Waals surface area contributed by atoms with E-state index in [2.05, 4.69) is 10.6 Å². The van der Waals surface area contributed by atoms with E-state index in [1.807, 2.05) is 6.07 Å². The van der Waals surface area contributed by atoms with Crippen molar-refractivity contribution >= 4 is 17.7 Å². The molecule has 0 aromatic heterocycles. The van der Waals surface area contributed by atoms with E-state index in [0.29, 0.717) is 24.2 Å². The number of aliphatic carboxylic acids is 1. The minimum Gasteiger partial charge on any atom is -0.481 e. The number of hydrogen-bond donors (Lipinski definition) is 3. The van der Waals surface area contributed by atoms with E-state index < -0.39 is 5.97 Å². The Hall–Kier alpha value is -2.55. The molecule has 2 amide bonds. The summed E-state index contributed by atoms with van der Waals surface area (Å²) in [6.45, 7) is 0.360. The van der Waals surface area contributed by atoms with E-state index in [0.717, 1.165) is 12.8 Å². The number of carboxylic acid groups (broad SMARTS) is 1. The second-order valence-electron chi connectivity index (χ2n) is 5.16. The molecule has 1 aromatic rings. The fourth-order valence-corrected chi connectivity index (χ4v) is 2.63. The van der Waals surface area contributed by atoms with E-state index in [1.54, 1.807) is 24.3 Å². The Morgan fingerprint density at radius 3 is 2.62 bits per heavy atom. The van der Waals surface area contributed by atoms with Gasteiger partial charge in [-0.1, -0.05) is 6.42 Å². The average Bonchev–Trinajstić information content (AvgIpc) is 2.94. The molecule has 1 aliphatic carbocycles. The third kappa shape index (κ3) is 3.96. The van der Waals surface area contributed by atoms with Crippen LogP contribution >= 0.6 is 0 Å². The molecule has 0 saturated heterocycles. The largest absolute Gasteiger partial charge is 0.481 e. The van der Waals surface area contributed by atoms with E-state index in [4.69, 9.17) is 10.4 Å². The molecule has 0 heterocycles. The Labute approximate surface area is 122 Å². The van der Waals surface area contributed by atoms with Gasteiger partial charge in [-0.2, -0.15) is 5.26 Å². The van der Waals surface area contributed by atoms with Crippen LogP contribution in [0.5, 0.6) is 0 Å². The van der Waals surface area contributed by atoms with Gasteiger partial charge in [0.2, 0.25) is 0 Å². The Morgan fingerprint density at radius 1 is 1.29 bits per heavy atom. The molecule has 2 atom stereocenters. The summed E-state index contributed by atoms with van der Waals surface area (Å²) in [5.41, 5.74) is 1.11. The molecule has 0 spiro atoms. The Balaban J connectivity index is 1.82. The smallest absolute Gasteiger partial charge is 0.319 e. The van der Waals surface area contributed by atoms with Crippen LogP contribution in [0.2, 0.25) is 0 Å². The topological polar surface area (TPSA) is 102 Å². The molecule has 1 aromatic carbocycles. The predicted octanol–water partition coefficient (Wildman–Crippen LogP) is 2.18. The summed E-state index contributed by atoms with van der Waals surface area (Å²) in [5, 5.41) is 23.1. The molecule has 1 fully saturated rings. The number of nitriles is 1. The first-order valence-electron chi connectivity index (χ1n) is 6.88. The van der Waals surface area contributed by atoms with Crippen LogP contribution in [0.3, 0.4) is 0 Å². The first kappa shape index (κ1) is 14.9. The number of nitrogens with one attached hydrogen (secondary N) is 2. The summed E-state index contributed by atoms with van der Waals surface area (Å²) in [6, 6.07) is 8.17. The monoisotopic (exact) mass is 287 g/mol. The zero-order valence-corrected chi connectivity index (χ0v) is 11.5. The van der Waals surface area contributed by atoms with Gasteiger partial charge >= 0.3 is 12.0 Å². The number of benzene rings is 1. The van der Waals surface area contributed by atoms with Crippen LogP contribution in [0.25, 0.3) is 0 Å². The van der Waals surface area contributed by atoms with Crippen LogP contribution in [-0.2, 0) is 4.79 Å². The summed E-state index contributed by atoms with van der Waals surface area (Å²) in [4.78, 5) is 22.8. The van der Waals surface area contributed by atoms with E-state index >= 15 is 0 Å². The van der Waals surface area contributed by atoms with Crippen molar-refractivity contribution in [3.05, 3.63) is 29.8 Å². The van der Waals surface area contributed by atoms with E-state index in [1.165, 1.54) is 0 Å². The number of hydrogen-bond acceptors (Lipinski definition) is 3. The highest BCUT2D eigenvalue weighted by Crippen LogP contribution is 2.31. The van der Waals surface area contributed by atoms with Gasteiger partial charge in [0, 0.05) is 12.2 Å². The molecule has 1 saturated carbocycles. The van der Waals surface area contributed by atoms with Crippen molar-refractivity contribution in [1.82, 2.24) is 5.32 Å². The van der Waals surface area contributed by atoms with Gasteiger partial charge in [0.05, 0.1) is 17.6 Å². The zero-order chi connectivity index (χ0) is 15.2. The van der Waals surface area contributed by atoms with Crippen molar-refractivity contribution in [2.75, 3.05) is 11.9 Å². The van der Waals surface area contributed by atoms with Gasteiger partial charge < -0.3 is 15.7 Å². The van der Waals surface area contributed by atoms with Gasteiger partial charge in [0.15, 0.2) is 0 Å². The predicted molar refractivity (Wildman–Crippen MR) is 76.6 cm³/mol. The van der Waals surface area contributed by atoms with Crippen molar-refractivity contribution in [2.45, 2.75) is 19.3 Å². The number of urea groups is 1. The van der Waals surface area contributed by atoms with Crippen LogP contribution in [0.4, 0.5) is 10.5 Å². The molecule has 6 nitrogen and oxygen atoms in total. The third-order valence-electron chi connectivity index (χ3n) is 3.77. The van der Waals surface area contributed by atoms with Gasteiger partial charge in [-0.15, -0.1) is 0 Å². The second-order valence-corrected chi connectivity index (χ2v) is 5.16. The maximum atomic E-state index is 11.8. The zero-order valence-electron chi connectivity index (χ0n) is 11.5. The Bertz CT molecular complexity index is 563. The highest BCUT2D eigenvalue weighted by Gasteiger charge is 2.32. The molecule has 0 radical (unpaired) electrons. The highest BCUT2D eigenvalue weighted by atomic mass is 16.4. The molecule has 0 aliphatic heterocycles. The van der Waals surface area contributed by atoms with Gasteiger partial charge in [-0.3, -0.25) is 4.79 Å². The Kier molecular flexibility index (Phi) is 4.77. The van der Waals surface area contributed by atoms with Crippen molar-refractivity contribution in [3.8, 4) is 6.07 Å². The molecule has 110 valence electrons. The maximum absolute atomic E-state index is 11.8. The minimum absolute atomic E-state index is 0.00536. The van der Waals surface area contributed by atoms with Crippen molar-refractivity contribution in [2.24, 2.45) is 11.8 Å². The second kappa shape index (κ2) is 6.75. The quantitative estimate of drug-likeness (QED) is 0.789. The first-order valence-corrected chi connectivity index (χ1v) is 6.88. The molecule has 2 rings (SSSR count). The average molecular weight is 287 g/mol. The van der Waals surface area contributed by atoms with Crippen molar-refractivity contribution in [1.29, 1.82) is 5.26 Å². The fraction of sp³-hybridized carbons (Fsp3) is 0.400. The summed E-state index contributed by atoms with van der Waals surface area (Å²) in [6.07, 6.45) is 2.40. The lowest BCUT2D eigenvalue weighted by atomic mass is 9.96. The molecule has 0 bridgehead atoms. The molecule has 3 N–H and O–H groups in total. The van der Waals surface area contributed by atoms with Crippen molar-refractivity contribution < 1.29 is 14.7 Å². The lowest BCUT2D eigenvalue weighted by molar-refractivity contribution is -0.142. The highest BCUT2D eigenvalue weighted by molar-refractivity contribution is 5.89. The van der Waals surface area contributed by atoms with Crippen molar-refractivity contribution in [3.63, 3.8) is 0 Å². The SMILES string of the molecule is N#Cc1ccc(NC(=O)NCC2CCCC2C(=O)O)cc1. The van der Waals surface area contributed by atoms with E-state index in [9.17, 15) is 9.59 Å². The Morgan fingerprint density at radius 2 is 2.00 bits per heavy atom. The lowest BCUT2D eigenvalue weighted by Gasteiger charge is -2.16. The van der Waals surface area contributed by atoms with Gasteiger partial charge in [-0.25, -0.2) is 4.79 Å². The third-order valence-corrected chi connectivity index (χ3v) is 3.77. The normalized spacial score (nSPS) is 20.5. The van der Waals surface area contributed by atoms with E-state index in [-0.39, 0.29) is 17.9 Å². The van der Waals surface area contributed by atoms with Crippen LogP contribution in [-0.4, -0.2) is 23.7 Å². The molecular weight excluding hydrogens is 270 g/mol. The lowest BCUT2D eigenvalue weighted by Crippen LogP contribution is -2.35. The fourth-order valence-electron chi connectivity index (χ4n) is 2.63. The van der Waals surface area contributed by atoms with Gasteiger partial charge in [0.25, 0.3) is 0 Å². The summed E-state index contributed by atoms with van der Waals surface area (Å²) >= 11 is 0. The number of anilines is 1. The van der Waals surface area contributed by atoms with Crippen LogP contribution in [0, 0.1) is 23.2 Å². The van der Waals surface area contributed by atoms with Crippen LogP contribution < -0.4 is 10.6 Å². The number of amides is 2. The maximum Gasteiger partial charge on any atom is 0.319 e. The van der Waals surface area contributed by atoms with Gasteiger partial charge in [0.1, 0.15) is 0 Å². The molecule has 6 heteroatoms. The molecule has 21 heavy (non-hydrogen) atoms. The molecular formula is C15H17N3O3. The van der Waals surface area contributed by atoms with Crippen LogP contribution in [0.15, 0.2) is 24.3 Å². The molecule has 1 aliphatic rings. The van der Waals surface area contributed by atoms with Gasteiger partial charge in [-0.05, 0) is 43.0 Å². The first-order chi connectivity index (χ1) is 10.1. The number of carbonyl (C=O) groups excluding carboxylic acids is 1. The molecule has 2 unspecified atom stereocenters. The number of carbonyl (C=O) groups is 2. The number of carboxylic acids is 1. The standard InChI is InChI=1S/C15H17N3O3/c16-8-10-4-6-12(7-5-10)18-15(21)17-9-11-2-1-3-13(11)14(19)20/h4-7,11,13H,1-3,9H2,(H,19,20)(H2,17,18,21). The minimum atomic E-state index is -0.785. The number of nitrogens with zero attached hydrogens (tertiary/aromatic N) is 1.